The van der Waals surface area contributed by atoms with Crippen LogP contribution in [0, 0.1) is 6.92 Å². The lowest BCUT2D eigenvalue weighted by molar-refractivity contribution is 0.102. The second kappa shape index (κ2) is 8.02. The zero-order valence-corrected chi connectivity index (χ0v) is 17.4. The van der Waals surface area contributed by atoms with Gasteiger partial charge >= 0.3 is 0 Å². The molecule has 0 aliphatic carbocycles. The largest absolute Gasteiger partial charge is 0.320 e. The van der Waals surface area contributed by atoms with Gasteiger partial charge in [0.05, 0.1) is 10.9 Å². The third-order valence-corrected chi connectivity index (χ3v) is 7.73. The number of hydrogen-bond acceptors (Lipinski definition) is 6. The van der Waals surface area contributed by atoms with Crippen molar-refractivity contribution in [3.8, 4) is 0 Å². The fourth-order valence-electron chi connectivity index (χ4n) is 3.28. The maximum Gasteiger partial charge on any atom is 0.286 e. The van der Waals surface area contributed by atoms with Crippen LogP contribution in [-0.2, 0) is 10.0 Å². The number of carbonyl (C=O) groups excluding carboxylic acids is 1. The van der Waals surface area contributed by atoms with Crippen molar-refractivity contribution in [2.24, 2.45) is 0 Å². The minimum atomic E-state index is -3.63. The van der Waals surface area contributed by atoms with Gasteiger partial charge in [-0.25, -0.2) is 8.42 Å². The van der Waals surface area contributed by atoms with Crippen LogP contribution >= 0.6 is 11.3 Å². The molecule has 1 aliphatic rings. The number of amides is 1. The summed E-state index contributed by atoms with van der Waals surface area (Å²) in [5.41, 5.74) is 1.77. The molecule has 150 valence electrons. The highest BCUT2D eigenvalue weighted by Gasteiger charge is 2.38. The molecule has 2 heterocycles. The molecule has 0 radical (unpaired) electrons. The van der Waals surface area contributed by atoms with Crippen molar-refractivity contribution in [1.29, 1.82) is 0 Å². The van der Waals surface area contributed by atoms with Crippen molar-refractivity contribution >= 4 is 33.0 Å². The van der Waals surface area contributed by atoms with E-state index >= 15 is 0 Å². The van der Waals surface area contributed by atoms with Gasteiger partial charge in [0, 0.05) is 12.2 Å². The van der Waals surface area contributed by atoms with Gasteiger partial charge < -0.3 is 5.32 Å². The molecule has 1 N–H and O–H groups in total. The van der Waals surface area contributed by atoms with Crippen LogP contribution in [0.5, 0.6) is 0 Å². The molecule has 29 heavy (non-hydrogen) atoms. The Kier molecular flexibility index (Phi) is 5.44. The first-order valence-electron chi connectivity index (χ1n) is 9.23. The molecule has 4 rings (SSSR count). The Labute approximate surface area is 173 Å². The van der Waals surface area contributed by atoms with E-state index in [1.807, 2.05) is 31.2 Å². The van der Waals surface area contributed by atoms with Crippen LogP contribution in [0.25, 0.3) is 0 Å². The average Bonchev–Trinajstić information content (AvgIpc) is 3.40. The van der Waals surface area contributed by atoms with Crippen molar-refractivity contribution in [1.82, 2.24) is 14.5 Å². The molecule has 1 aromatic heterocycles. The van der Waals surface area contributed by atoms with Crippen LogP contribution < -0.4 is 5.32 Å². The number of anilines is 1. The topological polar surface area (TPSA) is 92.3 Å². The highest BCUT2D eigenvalue weighted by Crippen LogP contribution is 2.37. The number of rotatable bonds is 5. The summed E-state index contributed by atoms with van der Waals surface area (Å²) in [6.45, 7) is 2.39. The van der Waals surface area contributed by atoms with E-state index in [0.717, 1.165) is 23.3 Å². The van der Waals surface area contributed by atoms with E-state index in [1.54, 1.807) is 30.3 Å². The van der Waals surface area contributed by atoms with Crippen molar-refractivity contribution in [2.75, 3.05) is 11.9 Å². The van der Waals surface area contributed by atoms with Gasteiger partial charge in [-0.15, -0.1) is 10.2 Å². The molecule has 0 spiro atoms. The molecule has 3 aromatic rings. The average molecular weight is 429 g/mol. The van der Waals surface area contributed by atoms with Gasteiger partial charge in [0.1, 0.15) is 5.01 Å². The standard InChI is InChI=1S/C20H20N4O3S2/c1-14-9-11-15(12-10-14)21-18(25)20-23-22-19(28-20)17-8-5-13-24(17)29(26,27)16-6-3-2-4-7-16/h2-4,6-7,9-12,17H,5,8,13H2,1H3,(H,21,25)/t17-/m0/s1. The fraction of sp³-hybridized carbons (Fsp3) is 0.250. The molecule has 1 aliphatic heterocycles. The van der Waals surface area contributed by atoms with E-state index in [9.17, 15) is 13.2 Å². The minimum Gasteiger partial charge on any atom is -0.320 e. The maximum atomic E-state index is 13.0. The number of benzene rings is 2. The van der Waals surface area contributed by atoms with Gasteiger partial charge in [-0.1, -0.05) is 47.2 Å². The number of aryl methyl sites for hydroxylation is 1. The van der Waals surface area contributed by atoms with Gasteiger partial charge in [-0.2, -0.15) is 4.31 Å². The first kappa shape index (κ1) is 19.7. The summed E-state index contributed by atoms with van der Waals surface area (Å²) in [5, 5.41) is 11.7. The third-order valence-electron chi connectivity index (χ3n) is 4.78. The van der Waals surface area contributed by atoms with E-state index in [-0.39, 0.29) is 15.8 Å². The Morgan fingerprint density at radius 3 is 2.55 bits per heavy atom. The number of hydrogen-bond donors (Lipinski definition) is 1. The van der Waals surface area contributed by atoms with Crippen molar-refractivity contribution in [3.05, 3.63) is 70.2 Å². The molecule has 0 unspecified atom stereocenters. The van der Waals surface area contributed by atoms with Crippen molar-refractivity contribution < 1.29 is 13.2 Å². The lowest BCUT2D eigenvalue weighted by atomic mass is 10.2. The molecule has 1 saturated heterocycles. The van der Waals surface area contributed by atoms with E-state index in [1.165, 1.54) is 4.31 Å². The van der Waals surface area contributed by atoms with E-state index < -0.39 is 16.1 Å². The molecule has 0 saturated carbocycles. The molecule has 7 nitrogen and oxygen atoms in total. The van der Waals surface area contributed by atoms with Crippen LogP contribution in [0.3, 0.4) is 0 Å². The lowest BCUT2D eigenvalue weighted by Gasteiger charge is -2.22. The summed E-state index contributed by atoms with van der Waals surface area (Å²) < 4.78 is 27.5. The summed E-state index contributed by atoms with van der Waals surface area (Å²) in [6, 6.07) is 15.4. The van der Waals surface area contributed by atoms with Gasteiger partial charge in [0.2, 0.25) is 15.0 Å². The number of aromatic nitrogens is 2. The lowest BCUT2D eigenvalue weighted by Crippen LogP contribution is -2.30. The molecular formula is C20H20N4O3S2. The van der Waals surface area contributed by atoms with E-state index in [0.29, 0.717) is 23.7 Å². The normalized spacial score (nSPS) is 17.3. The number of nitrogens with one attached hydrogen (secondary N) is 1. The molecule has 9 heteroatoms. The van der Waals surface area contributed by atoms with Crippen molar-refractivity contribution in [2.45, 2.75) is 30.7 Å². The van der Waals surface area contributed by atoms with Crippen LogP contribution in [0.4, 0.5) is 5.69 Å². The molecule has 1 atom stereocenters. The third kappa shape index (κ3) is 4.07. The first-order chi connectivity index (χ1) is 13.9. The quantitative estimate of drug-likeness (QED) is 0.670. The molecular weight excluding hydrogens is 408 g/mol. The highest BCUT2D eigenvalue weighted by atomic mass is 32.2. The molecule has 1 amide bonds. The van der Waals surface area contributed by atoms with E-state index in [4.69, 9.17) is 0 Å². The smallest absolute Gasteiger partial charge is 0.286 e. The summed E-state index contributed by atoms with van der Waals surface area (Å²) >= 11 is 1.14. The second-order valence-electron chi connectivity index (χ2n) is 6.85. The minimum absolute atomic E-state index is 0.213. The number of nitrogens with zero attached hydrogens (tertiary/aromatic N) is 3. The Balaban J connectivity index is 1.54. The van der Waals surface area contributed by atoms with Gasteiger partial charge in [-0.3, -0.25) is 4.79 Å². The second-order valence-corrected chi connectivity index (χ2v) is 9.75. The zero-order valence-electron chi connectivity index (χ0n) is 15.8. The van der Waals surface area contributed by atoms with Gasteiger partial charge in [0.25, 0.3) is 5.91 Å². The number of sulfonamides is 1. The molecule has 1 fully saturated rings. The van der Waals surface area contributed by atoms with Gasteiger partial charge in [0.15, 0.2) is 0 Å². The Morgan fingerprint density at radius 1 is 1.10 bits per heavy atom. The summed E-state index contributed by atoms with van der Waals surface area (Å²) in [4.78, 5) is 12.8. The molecule has 0 bridgehead atoms. The summed E-state index contributed by atoms with van der Waals surface area (Å²) in [7, 11) is -3.63. The summed E-state index contributed by atoms with van der Waals surface area (Å²) in [6.07, 6.45) is 1.39. The highest BCUT2D eigenvalue weighted by molar-refractivity contribution is 7.89. The Morgan fingerprint density at radius 2 is 1.83 bits per heavy atom. The maximum absolute atomic E-state index is 13.0. The van der Waals surface area contributed by atoms with Crippen LogP contribution in [0.1, 0.15) is 39.3 Å². The Hall–Kier alpha value is -2.62. The van der Waals surface area contributed by atoms with Crippen LogP contribution in [0.15, 0.2) is 59.5 Å². The van der Waals surface area contributed by atoms with Gasteiger partial charge in [-0.05, 0) is 44.0 Å². The van der Waals surface area contributed by atoms with Crippen LogP contribution in [-0.4, -0.2) is 35.4 Å². The van der Waals surface area contributed by atoms with Crippen molar-refractivity contribution in [3.63, 3.8) is 0 Å². The Bertz CT molecular complexity index is 1110. The predicted octanol–water partition coefficient (Wildman–Crippen LogP) is 3.62. The molecule has 2 aromatic carbocycles. The monoisotopic (exact) mass is 428 g/mol. The summed E-state index contributed by atoms with van der Waals surface area (Å²) in [5.74, 6) is -0.354. The predicted molar refractivity (Wildman–Crippen MR) is 111 cm³/mol. The van der Waals surface area contributed by atoms with E-state index in [2.05, 4.69) is 15.5 Å². The van der Waals surface area contributed by atoms with Crippen LogP contribution in [0.2, 0.25) is 0 Å². The zero-order chi connectivity index (χ0) is 20.4. The first-order valence-corrected chi connectivity index (χ1v) is 11.5. The SMILES string of the molecule is Cc1ccc(NC(=O)c2nnc([C@@H]3CCCN3S(=O)(=O)c3ccccc3)s2)cc1. The number of carbonyl (C=O) groups is 1. The fourth-order valence-corrected chi connectivity index (χ4v) is 5.92.